The van der Waals surface area contributed by atoms with Crippen molar-refractivity contribution < 1.29 is 22.7 Å². The van der Waals surface area contributed by atoms with E-state index in [9.17, 15) is 13.2 Å². The molecule has 1 fully saturated rings. The molecule has 10 heteroatoms. The van der Waals surface area contributed by atoms with Crippen molar-refractivity contribution in [2.24, 2.45) is 5.92 Å². The van der Waals surface area contributed by atoms with E-state index in [0.717, 1.165) is 0 Å². The number of piperidine rings is 1. The summed E-state index contributed by atoms with van der Waals surface area (Å²) >= 11 is 0. The van der Waals surface area contributed by atoms with Gasteiger partial charge in [0.05, 0.1) is 32.2 Å². The van der Waals surface area contributed by atoms with Crippen LogP contribution in [0.2, 0.25) is 0 Å². The maximum atomic E-state index is 13.0. The van der Waals surface area contributed by atoms with Crippen LogP contribution in [0.1, 0.15) is 32.7 Å². The zero-order valence-electron chi connectivity index (χ0n) is 17.7. The van der Waals surface area contributed by atoms with Gasteiger partial charge in [0.25, 0.3) is 10.0 Å². The molecule has 1 atom stereocenters. The standard InChI is InChI=1S/C20H28N4O5S/c1-14(2)23-12-19(21-13-23)30(26,27)24-9-5-6-15(11-24)20(25)22-17-8-7-16(28-3)10-18(17)29-4/h7-8,10,12-15H,5-6,9,11H2,1-4H3,(H,22,25)/t15-/m0/s1. The minimum absolute atomic E-state index is 0.00841. The molecular weight excluding hydrogens is 408 g/mol. The van der Waals surface area contributed by atoms with Crippen molar-refractivity contribution in [3.05, 3.63) is 30.7 Å². The number of nitrogens with zero attached hydrogens (tertiary/aromatic N) is 3. The number of aromatic nitrogens is 2. The Morgan fingerprint density at radius 3 is 2.67 bits per heavy atom. The molecule has 0 radical (unpaired) electrons. The molecule has 1 N–H and O–H groups in total. The molecule has 1 amide bonds. The molecule has 3 rings (SSSR count). The summed E-state index contributed by atoms with van der Waals surface area (Å²) in [5.74, 6) is 0.376. The number of ether oxygens (including phenoxy) is 2. The minimum atomic E-state index is -3.76. The number of methoxy groups -OCH3 is 2. The molecule has 0 spiro atoms. The number of anilines is 1. The lowest BCUT2D eigenvalue weighted by atomic mass is 9.98. The van der Waals surface area contributed by atoms with Crippen molar-refractivity contribution in [1.29, 1.82) is 0 Å². The molecule has 1 saturated heterocycles. The van der Waals surface area contributed by atoms with Crippen LogP contribution in [0.4, 0.5) is 5.69 Å². The molecular formula is C20H28N4O5S. The number of sulfonamides is 1. The van der Waals surface area contributed by atoms with Gasteiger partial charge in [-0.05, 0) is 38.8 Å². The summed E-state index contributed by atoms with van der Waals surface area (Å²) < 4.78 is 39.6. The molecule has 1 aliphatic heterocycles. The first-order chi connectivity index (χ1) is 14.3. The Hall–Kier alpha value is -2.59. The van der Waals surface area contributed by atoms with E-state index in [1.54, 1.807) is 29.9 Å². The number of carbonyl (C=O) groups is 1. The van der Waals surface area contributed by atoms with Crippen molar-refractivity contribution >= 4 is 21.6 Å². The van der Waals surface area contributed by atoms with Crippen LogP contribution in [0.25, 0.3) is 0 Å². The highest BCUT2D eigenvalue weighted by atomic mass is 32.2. The van der Waals surface area contributed by atoms with Crippen LogP contribution in [-0.2, 0) is 14.8 Å². The SMILES string of the molecule is COc1ccc(NC(=O)[C@H]2CCCN(S(=O)(=O)c3cn(C(C)C)cn3)C2)c(OC)c1. The zero-order valence-corrected chi connectivity index (χ0v) is 18.5. The number of imidazole rings is 1. The highest BCUT2D eigenvalue weighted by molar-refractivity contribution is 7.89. The Labute approximate surface area is 177 Å². The first-order valence-corrected chi connectivity index (χ1v) is 11.3. The first kappa shape index (κ1) is 22.1. The van der Waals surface area contributed by atoms with E-state index in [2.05, 4.69) is 10.3 Å². The molecule has 0 aliphatic carbocycles. The highest BCUT2D eigenvalue weighted by Gasteiger charge is 2.34. The molecule has 2 heterocycles. The van der Waals surface area contributed by atoms with Gasteiger partial charge in [-0.1, -0.05) is 0 Å². The van der Waals surface area contributed by atoms with Gasteiger partial charge in [-0.3, -0.25) is 4.79 Å². The van der Waals surface area contributed by atoms with E-state index < -0.39 is 15.9 Å². The minimum Gasteiger partial charge on any atom is -0.497 e. The van der Waals surface area contributed by atoms with E-state index in [0.29, 0.717) is 36.6 Å². The summed E-state index contributed by atoms with van der Waals surface area (Å²) in [6, 6.07) is 5.21. The summed E-state index contributed by atoms with van der Waals surface area (Å²) in [7, 11) is -0.696. The van der Waals surface area contributed by atoms with Crippen LogP contribution in [0, 0.1) is 5.92 Å². The fraction of sp³-hybridized carbons (Fsp3) is 0.500. The molecule has 0 bridgehead atoms. The summed E-state index contributed by atoms with van der Waals surface area (Å²) in [6.07, 6.45) is 4.26. The molecule has 2 aromatic rings. The predicted molar refractivity (Wildman–Crippen MR) is 112 cm³/mol. The fourth-order valence-electron chi connectivity index (χ4n) is 3.38. The van der Waals surface area contributed by atoms with Crippen molar-refractivity contribution in [3.63, 3.8) is 0 Å². The normalized spacial score (nSPS) is 17.7. The second-order valence-electron chi connectivity index (χ2n) is 7.51. The van der Waals surface area contributed by atoms with Crippen LogP contribution >= 0.6 is 0 Å². The largest absolute Gasteiger partial charge is 0.497 e. The average Bonchev–Trinajstić information content (AvgIpc) is 3.25. The van der Waals surface area contributed by atoms with E-state index in [-0.39, 0.29) is 23.5 Å². The van der Waals surface area contributed by atoms with Gasteiger partial charge in [-0.25, -0.2) is 13.4 Å². The topological polar surface area (TPSA) is 103 Å². The average molecular weight is 437 g/mol. The molecule has 0 unspecified atom stereocenters. The summed E-state index contributed by atoms with van der Waals surface area (Å²) in [5.41, 5.74) is 0.513. The molecule has 164 valence electrons. The van der Waals surface area contributed by atoms with Gasteiger partial charge >= 0.3 is 0 Å². The lowest BCUT2D eigenvalue weighted by Gasteiger charge is -2.30. The van der Waals surface area contributed by atoms with E-state index in [1.807, 2.05) is 13.8 Å². The quantitative estimate of drug-likeness (QED) is 0.715. The van der Waals surface area contributed by atoms with Crippen LogP contribution < -0.4 is 14.8 Å². The molecule has 9 nitrogen and oxygen atoms in total. The number of hydrogen-bond donors (Lipinski definition) is 1. The Balaban J connectivity index is 1.73. The highest BCUT2D eigenvalue weighted by Crippen LogP contribution is 2.30. The first-order valence-electron chi connectivity index (χ1n) is 9.82. The number of nitrogens with one attached hydrogen (secondary N) is 1. The summed E-state index contributed by atoms with van der Waals surface area (Å²) in [6.45, 7) is 4.38. The van der Waals surface area contributed by atoms with Gasteiger partial charge in [0.15, 0.2) is 5.03 Å². The second-order valence-corrected chi connectivity index (χ2v) is 9.40. The maximum Gasteiger partial charge on any atom is 0.262 e. The van der Waals surface area contributed by atoms with E-state index >= 15 is 0 Å². The van der Waals surface area contributed by atoms with Gasteiger partial charge < -0.3 is 19.4 Å². The number of benzene rings is 1. The van der Waals surface area contributed by atoms with Crippen molar-refractivity contribution in [3.8, 4) is 11.5 Å². The zero-order chi connectivity index (χ0) is 21.9. The monoisotopic (exact) mass is 436 g/mol. The van der Waals surface area contributed by atoms with Gasteiger partial charge in [0, 0.05) is 31.4 Å². The number of hydrogen-bond acceptors (Lipinski definition) is 6. The van der Waals surface area contributed by atoms with E-state index in [4.69, 9.17) is 9.47 Å². The van der Waals surface area contributed by atoms with Crippen LogP contribution in [0.3, 0.4) is 0 Å². The molecule has 1 aromatic carbocycles. The summed E-state index contributed by atoms with van der Waals surface area (Å²) in [4.78, 5) is 16.9. The second kappa shape index (κ2) is 9.05. The van der Waals surface area contributed by atoms with Crippen LogP contribution in [-0.4, -0.2) is 55.5 Å². The lowest BCUT2D eigenvalue weighted by molar-refractivity contribution is -0.120. The lowest BCUT2D eigenvalue weighted by Crippen LogP contribution is -2.43. The molecule has 1 aliphatic rings. The molecule has 30 heavy (non-hydrogen) atoms. The van der Waals surface area contributed by atoms with Gasteiger partial charge in [-0.15, -0.1) is 0 Å². The number of amides is 1. The Kier molecular flexibility index (Phi) is 6.67. The predicted octanol–water partition coefficient (Wildman–Crippen LogP) is 2.52. The van der Waals surface area contributed by atoms with Gasteiger partial charge in [0.2, 0.25) is 5.91 Å². The van der Waals surface area contributed by atoms with Crippen LogP contribution in [0.15, 0.2) is 35.7 Å². The Morgan fingerprint density at radius 1 is 1.27 bits per heavy atom. The smallest absolute Gasteiger partial charge is 0.262 e. The molecule has 0 saturated carbocycles. The maximum absolute atomic E-state index is 13.0. The fourth-order valence-corrected chi connectivity index (χ4v) is 4.82. The van der Waals surface area contributed by atoms with Crippen molar-refractivity contribution in [2.75, 3.05) is 32.6 Å². The number of carbonyl (C=O) groups excluding carboxylic acids is 1. The third-order valence-electron chi connectivity index (χ3n) is 5.20. The van der Waals surface area contributed by atoms with Gasteiger partial charge in [-0.2, -0.15) is 4.31 Å². The molecule has 1 aromatic heterocycles. The van der Waals surface area contributed by atoms with Crippen molar-refractivity contribution in [1.82, 2.24) is 13.9 Å². The Bertz CT molecular complexity index is 1000. The Morgan fingerprint density at radius 2 is 2.03 bits per heavy atom. The van der Waals surface area contributed by atoms with E-state index in [1.165, 1.54) is 23.9 Å². The van der Waals surface area contributed by atoms with Crippen molar-refractivity contribution in [2.45, 2.75) is 37.8 Å². The third kappa shape index (κ3) is 4.59. The third-order valence-corrected chi connectivity index (χ3v) is 6.95. The number of rotatable bonds is 7. The van der Waals surface area contributed by atoms with Gasteiger partial charge in [0.1, 0.15) is 11.5 Å². The summed E-state index contributed by atoms with van der Waals surface area (Å²) in [5, 5.41) is 2.86. The van der Waals surface area contributed by atoms with Crippen LogP contribution in [0.5, 0.6) is 11.5 Å².